The number of rotatable bonds is 2. The van der Waals surface area contributed by atoms with Crippen LogP contribution in [0.25, 0.3) is 0 Å². The van der Waals surface area contributed by atoms with E-state index in [1.54, 1.807) is 0 Å². The van der Waals surface area contributed by atoms with Crippen molar-refractivity contribution in [1.82, 2.24) is 5.32 Å². The van der Waals surface area contributed by atoms with Crippen LogP contribution in [0.4, 0.5) is 9.18 Å². The van der Waals surface area contributed by atoms with E-state index < -0.39 is 11.7 Å². The largest absolute Gasteiger partial charge is 0.444 e. The maximum absolute atomic E-state index is 12.7. The molecule has 1 aliphatic carbocycles. The average molecular weight is 231 g/mol. The van der Waals surface area contributed by atoms with Gasteiger partial charge >= 0.3 is 6.09 Å². The van der Waals surface area contributed by atoms with E-state index in [4.69, 9.17) is 4.74 Å². The van der Waals surface area contributed by atoms with Crippen LogP contribution < -0.4 is 5.32 Å². The predicted octanol–water partition coefficient (Wildman–Crippen LogP) is 3.04. The van der Waals surface area contributed by atoms with Gasteiger partial charge in [0.15, 0.2) is 0 Å². The summed E-state index contributed by atoms with van der Waals surface area (Å²) in [5.41, 5.74) is -0.496. The number of carbonyl (C=O) groups is 1. The highest BCUT2D eigenvalue weighted by Crippen LogP contribution is 2.25. The molecule has 0 aromatic carbocycles. The van der Waals surface area contributed by atoms with E-state index in [2.05, 4.69) is 5.32 Å². The number of ether oxygens (including phenoxy) is 1. The maximum atomic E-state index is 12.7. The Kier molecular flexibility index (Phi) is 4.56. The monoisotopic (exact) mass is 231 g/mol. The molecule has 0 aromatic rings. The van der Waals surface area contributed by atoms with E-state index in [0.29, 0.717) is 0 Å². The van der Waals surface area contributed by atoms with Gasteiger partial charge in [-0.15, -0.1) is 0 Å². The maximum Gasteiger partial charge on any atom is 0.407 e. The van der Waals surface area contributed by atoms with Crippen molar-refractivity contribution in [3.05, 3.63) is 0 Å². The van der Waals surface area contributed by atoms with Gasteiger partial charge in [-0.3, -0.25) is 4.39 Å². The van der Waals surface area contributed by atoms with Crippen molar-refractivity contribution in [2.45, 2.75) is 58.1 Å². The summed E-state index contributed by atoms with van der Waals surface area (Å²) in [4.78, 5) is 11.5. The summed E-state index contributed by atoms with van der Waals surface area (Å²) >= 11 is 0. The first-order valence-electron chi connectivity index (χ1n) is 5.98. The minimum absolute atomic E-state index is 0.0405. The molecule has 0 aromatic heterocycles. The minimum Gasteiger partial charge on any atom is -0.444 e. The van der Waals surface area contributed by atoms with Crippen LogP contribution >= 0.6 is 0 Å². The summed E-state index contributed by atoms with van der Waals surface area (Å²) in [6.45, 7) is 5.10. The lowest BCUT2D eigenvalue weighted by Crippen LogP contribution is -2.45. The van der Waals surface area contributed by atoms with E-state index in [-0.39, 0.29) is 18.6 Å². The molecular weight excluding hydrogens is 209 g/mol. The van der Waals surface area contributed by atoms with Crippen LogP contribution in [0.15, 0.2) is 0 Å². The number of hydrogen-bond donors (Lipinski definition) is 1. The molecule has 0 radical (unpaired) electrons. The number of nitrogens with one attached hydrogen (secondary N) is 1. The molecule has 1 saturated carbocycles. The summed E-state index contributed by atoms with van der Waals surface area (Å²) in [5.74, 6) is -0.0405. The zero-order valence-electron chi connectivity index (χ0n) is 10.4. The Hall–Kier alpha value is -0.800. The Balaban J connectivity index is 2.42. The first kappa shape index (κ1) is 13.3. The number of alkyl carbamates (subject to hydrolysis) is 1. The Labute approximate surface area is 96.7 Å². The molecule has 0 heterocycles. The lowest BCUT2D eigenvalue weighted by atomic mass is 9.85. The SMILES string of the molecule is CC(C)(C)OC(=O)N[C@H]1CCCC[C@H]1CF. The van der Waals surface area contributed by atoms with Crippen molar-refractivity contribution in [2.24, 2.45) is 5.92 Å². The minimum atomic E-state index is -0.496. The van der Waals surface area contributed by atoms with Crippen molar-refractivity contribution < 1.29 is 13.9 Å². The molecule has 4 heteroatoms. The molecule has 2 atom stereocenters. The molecule has 0 unspecified atom stereocenters. The Bertz CT molecular complexity index is 238. The molecule has 0 bridgehead atoms. The Morgan fingerprint density at radius 2 is 2.00 bits per heavy atom. The Morgan fingerprint density at radius 3 is 2.56 bits per heavy atom. The summed E-state index contributed by atoms with van der Waals surface area (Å²) < 4.78 is 17.9. The van der Waals surface area contributed by atoms with Gasteiger partial charge in [-0.25, -0.2) is 4.79 Å². The number of amides is 1. The molecule has 1 amide bonds. The van der Waals surface area contributed by atoms with Gasteiger partial charge in [0.05, 0.1) is 6.67 Å². The fourth-order valence-electron chi connectivity index (χ4n) is 2.04. The number of alkyl halides is 1. The first-order chi connectivity index (χ1) is 7.42. The highest BCUT2D eigenvalue weighted by Gasteiger charge is 2.28. The van der Waals surface area contributed by atoms with Crippen LogP contribution in [-0.2, 0) is 4.74 Å². The molecule has 1 fully saturated rings. The molecular formula is C12H22FNO2. The van der Waals surface area contributed by atoms with Crippen LogP contribution in [0.1, 0.15) is 46.5 Å². The predicted molar refractivity (Wildman–Crippen MR) is 61.1 cm³/mol. The average Bonchev–Trinajstić information content (AvgIpc) is 2.15. The van der Waals surface area contributed by atoms with Gasteiger partial charge in [0.2, 0.25) is 0 Å². The summed E-state index contributed by atoms with van der Waals surface area (Å²) in [6.07, 6.45) is 3.39. The fourth-order valence-corrected chi connectivity index (χ4v) is 2.04. The first-order valence-corrected chi connectivity index (χ1v) is 5.98. The molecule has 3 nitrogen and oxygen atoms in total. The van der Waals surface area contributed by atoms with Crippen LogP contribution in [-0.4, -0.2) is 24.4 Å². The second kappa shape index (κ2) is 5.51. The summed E-state index contributed by atoms with van der Waals surface area (Å²) in [6, 6.07) is -0.0615. The van der Waals surface area contributed by atoms with Crippen molar-refractivity contribution in [1.29, 1.82) is 0 Å². The smallest absolute Gasteiger partial charge is 0.407 e. The number of halogens is 1. The zero-order chi connectivity index (χ0) is 12.2. The van der Waals surface area contributed by atoms with E-state index in [1.807, 2.05) is 20.8 Å². The molecule has 1 rings (SSSR count). The van der Waals surface area contributed by atoms with Gasteiger partial charge < -0.3 is 10.1 Å². The highest BCUT2D eigenvalue weighted by atomic mass is 19.1. The van der Waals surface area contributed by atoms with Gasteiger partial charge in [-0.2, -0.15) is 0 Å². The third-order valence-corrected chi connectivity index (χ3v) is 2.81. The second-order valence-corrected chi connectivity index (χ2v) is 5.45. The third-order valence-electron chi connectivity index (χ3n) is 2.81. The van der Waals surface area contributed by atoms with E-state index in [1.165, 1.54) is 0 Å². The van der Waals surface area contributed by atoms with Crippen LogP contribution in [0.3, 0.4) is 0 Å². The molecule has 16 heavy (non-hydrogen) atoms. The lowest BCUT2D eigenvalue weighted by Gasteiger charge is -2.31. The van der Waals surface area contributed by atoms with Crippen LogP contribution in [0.5, 0.6) is 0 Å². The number of hydrogen-bond acceptors (Lipinski definition) is 2. The van der Waals surface area contributed by atoms with Crippen molar-refractivity contribution in [3.63, 3.8) is 0 Å². The molecule has 0 aliphatic heterocycles. The van der Waals surface area contributed by atoms with Crippen LogP contribution in [0.2, 0.25) is 0 Å². The summed E-state index contributed by atoms with van der Waals surface area (Å²) in [7, 11) is 0. The zero-order valence-corrected chi connectivity index (χ0v) is 10.4. The molecule has 1 aliphatic rings. The van der Waals surface area contributed by atoms with Gasteiger partial charge in [0, 0.05) is 12.0 Å². The fraction of sp³-hybridized carbons (Fsp3) is 0.917. The standard InChI is InChI=1S/C12H22FNO2/c1-12(2,3)16-11(15)14-10-7-5-4-6-9(10)8-13/h9-10H,4-8H2,1-3H3,(H,14,15)/t9-,10-/m0/s1. The number of carbonyl (C=O) groups excluding carboxylic acids is 1. The summed E-state index contributed by atoms with van der Waals surface area (Å²) in [5, 5.41) is 2.78. The third kappa shape index (κ3) is 4.37. The lowest BCUT2D eigenvalue weighted by molar-refractivity contribution is 0.0461. The second-order valence-electron chi connectivity index (χ2n) is 5.45. The Morgan fingerprint density at radius 1 is 1.38 bits per heavy atom. The van der Waals surface area contributed by atoms with E-state index in [0.717, 1.165) is 25.7 Å². The molecule has 94 valence electrons. The highest BCUT2D eigenvalue weighted by molar-refractivity contribution is 5.68. The van der Waals surface area contributed by atoms with Gasteiger partial charge in [0.25, 0.3) is 0 Å². The van der Waals surface area contributed by atoms with Gasteiger partial charge in [-0.05, 0) is 33.6 Å². The van der Waals surface area contributed by atoms with Crippen LogP contribution in [0, 0.1) is 5.92 Å². The normalized spacial score (nSPS) is 26.2. The molecule has 0 saturated heterocycles. The molecule has 1 N–H and O–H groups in total. The van der Waals surface area contributed by atoms with Crippen molar-refractivity contribution >= 4 is 6.09 Å². The molecule has 0 spiro atoms. The quantitative estimate of drug-likeness (QED) is 0.793. The van der Waals surface area contributed by atoms with Crippen molar-refractivity contribution in [2.75, 3.05) is 6.67 Å². The van der Waals surface area contributed by atoms with E-state index in [9.17, 15) is 9.18 Å². The van der Waals surface area contributed by atoms with Gasteiger partial charge in [0.1, 0.15) is 5.60 Å². The van der Waals surface area contributed by atoms with Crippen molar-refractivity contribution in [3.8, 4) is 0 Å². The topological polar surface area (TPSA) is 38.3 Å². The van der Waals surface area contributed by atoms with Gasteiger partial charge in [-0.1, -0.05) is 12.8 Å². The van der Waals surface area contributed by atoms with E-state index >= 15 is 0 Å².